The van der Waals surface area contributed by atoms with Gasteiger partial charge in [-0.1, -0.05) is 58.4 Å². The summed E-state index contributed by atoms with van der Waals surface area (Å²) in [6.45, 7) is 1.81. The van der Waals surface area contributed by atoms with Gasteiger partial charge in [0.1, 0.15) is 6.61 Å². The molecular weight excluding hydrogens is 370 g/mol. The lowest BCUT2D eigenvalue weighted by atomic mass is 10.1. The molecule has 0 saturated carbocycles. The molecule has 0 saturated heterocycles. The van der Waals surface area contributed by atoms with E-state index < -0.39 is 6.17 Å². The highest BCUT2D eigenvalue weighted by Gasteiger charge is 2.31. The molecule has 1 amide bonds. The first-order chi connectivity index (χ1) is 11.6. The van der Waals surface area contributed by atoms with E-state index in [1.807, 2.05) is 61.6 Å². The molecule has 2 aromatic carbocycles. The first kappa shape index (κ1) is 16.8. The van der Waals surface area contributed by atoms with Gasteiger partial charge in [0.25, 0.3) is 0 Å². The van der Waals surface area contributed by atoms with Gasteiger partial charge in [-0.15, -0.1) is 0 Å². The summed E-state index contributed by atoms with van der Waals surface area (Å²) in [5.74, 6) is -0.145. The van der Waals surface area contributed by atoms with Gasteiger partial charge in [-0.3, -0.25) is 9.63 Å². The predicted molar refractivity (Wildman–Crippen MR) is 96.1 cm³/mol. The van der Waals surface area contributed by atoms with Crippen molar-refractivity contribution in [1.29, 1.82) is 0 Å². The highest BCUT2D eigenvalue weighted by molar-refractivity contribution is 9.10. The third-order valence-electron chi connectivity index (χ3n) is 3.81. The highest BCUT2D eigenvalue weighted by Crippen LogP contribution is 2.28. The van der Waals surface area contributed by atoms with Crippen LogP contribution < -0.4 is 0 Å². The van der Waals surface area contributed by atoms with E-state index in [1.165, 1.54) is 11.9 Å². The van der Waals surface area contributed by atoms with Gasteiger partial charge < -0.3 is 0 Å². The van der Waals surface area contributed by atoms with E-state index in [9.17, 15) is 4.79 Å². The van der Waals surface area contributed by atoms with Crippen LogP contribution in [0.25, 0.3) is 0 Å². The lowest BCUT2D eigenvalue weighted by Crippen LogP contribution is -2.37. The van der Waals surface area contributed by atoms with Crippen molar-refractivity contribution < 1.29 is 9.63 Å². The molecule has 1 aliphatic heterocycles. The average Bonchev–Trinajstić information content (AvgIpc) is 2.76. The molecule has 6 heteroatoms. The third-order valence-corrected chi connectivity index (χ3v) is 4.34. The molecule has 1 atom stereocenters. The summed E-state index contributed by atoms with van der Waals surface area (Å²) < 4.78 is 0.978. The van der Waals surface area contributed by atoms with Crippen molar-refractivity contribution >= 4 is 27.5 Å². The number of hydroxylamine groups is 2. The molecule has 0 aliphatic carbocycles. The summed E-state index contributed by atoms with van der Waals surface area (Å²) in [4.78, 5) is 18.1. The maximum atomic E-state index is 12.3. The molecule has 0 spiro atoms. The Kier molecular flexibility index (Phi) is 5.08. The zero-order valence-corrected chi connectivity index (χ0v) is 15.1. The normalized spacial score (nSPS) is 18.9. The van der Waals surface area contributed by atoms with Crippen LogP contribution in [0.5, 0.6) is 0 Å². The molecule has 1 heterocycles. The summed E-state index contributed by atoms with van der Waals surface area (Å²) in [6.07, 6.45) is -0.420. The predicted octanol–water partition coefficient (Wildman–Crippen LogP) is 3.58. The molecule has 1 aliphatic rings. The van der Waals surface area contributed by atoms with Crippen LogP contribution in [-0.4, -0.2) is 35.3 Å². The summed E-state index contributed by atoms with van der Waals surface area (Å²) >= 11 is 3.43. The summed E-state index contributed by atoms with van der Waals surface area (Å²) in [6, 6.07) is 17.5. The number of hydrazone groups is 1. The Hall–Kier alpha value is -2.02. The van der Waals surface area contributed by atoms with Gasteiger partial charge in [0.05, 0.1) is 5.71 Å². The summed E-state index contributed by atoms with van der Waals surface area (Å²) in [7, 11) is 1.81. The lowest BCUT2D eigenvalue weighted by Gasteiger charge is -2.31. The fourth-order valence-electron chi connectivity index (χ4n) is 2.60. The number of rotatable bonds is 2. The highest BCUT2D eigenvalue weighted by atomic mass is 79.9. The van der Waals surface area contributed by atoms with E-state index in [2.05, 4.69) is 21.0 Å². The standard InChI is InChI=1S/C18H18BrN3O2/c1-13(23)22-18(15-8-10-16(19)11-9-15)21(2)24-12-17(20-22)14-6-4-3-5-7-14/h3-11,18H,12H2,1-2H3/t18-/m1/s1. The number of halogens is 1. The van der Waals surface area contributed by atoms with Gasteiger partial charge in [0.15, 0.2) is 6.17 Å². The van der Waals surface area contributed by atoms with Crippen LogP contribution >= 0.6 is 15.9 Å². The van der Waals surface area contributed by atoms with Crippen LogP contribution in [0.1, 0.15) is 24.2 Å². The second kappa shape index (κ2) is 7.25. The average molecular weight is 388 g/mol. The SMILES string of the molecule is CC(=O)N1N=C(c2ccccc2)CON(C)[C@H]1c1ccc(Br)cc1. The first-order valence-electron chi connectivity index (χ1n) is 7.60. The largest absolute Gasteiger partial charge is 0.290 e. The van der Waals surface area contributed by atoms with Gasteiger partial charge >= 0.3 is 0 Å². The molecule has 0 aromatic heterocycles. The van der Waals surface area contributed by atoms with E-state index in [0.29, 0.717) is 6.61 Å². The maximum absolute atomic E-state index is 12.3. The lowest BCUT2D eigenvalue weighted by molar-refractivity contribution is -0.191. The molecule has 124 valence electrons. The van der Waals surface area contributed by atoms with Gasteiger partial charge in [-0.05, 0) is 17.7 Å². The van der Waals surface area contributed by atoms with Crippen LogP contribution in [0.3, 0.4) is 0 Å². The second-order valence-electron chi connectivity index (χ2n) is 5.52. The van der Waals surface area contributed by atoms with E-state index >= 15 is 0 Å². The fraction of sp³-hybridized carbons (Fsp3) is 0.222. The Balaban J connectivity index is 2.03. The van der Waals surface area contributed by atoms with Crippen molar-refractivity contribution in [2.75, 3.05) is 13.7 Å². The smallest absolute Gasteiger partial charge is 0.241 e. The Morgan fingerprint density at radius 1 is 1.17 bits per heavy atom. The molecule has 2 aromatic rings. The molecule has 5 nitrogen and oxygen atoms in total. The monoisotopic (exact) mass is 387 g/mol. The number of carbonyl (C=O) groups is 1. The van der Waals surface area contributed by atoms with Crippen molar-refractivity contribution in [3.8, 4) is 0 Å². The van der Waals surface area contributed by atoms with Crippen LogP contribution in [0.2, 0.25) is 0 Å². The van der Waals surface area contributed by atoms with Crippen molar-refractivity contribution in [3.05, 3.63) is 70.2 Å². The quantitative estimate of drug-likeness (QED) is 0.790. The number of hydrogen-bond acceptors (Lipinski definition) is 4. The zero-order chi connectivity index (χ0) is 17.1. The van der Waals surface area contributed by atoms with E-state index in [0.717, 1.165) is 21.3 Å². The summed E-state index contributed by atoms with van der Waals surface area (Å²) in [5.41, 5.74) is 2.58. The third kappa shape index (κ3) is 3.56. The number of amides is 1. The number of nitrogens with zero attached hydrogens (tertiary/aromatic N) is 3. The van der Waals surface area contributed by atoms with Crippen LogP contribution in [0.4, 0.5) is 0 Å². The number of carbonyl (C=O) groups excluding carboxylic acids is 1. The van der Waals surface area contributed by atoms with E-state index in [-0.39, 0.29) is 5.91 Å². The minimum Gasteiger partial charge on any atom is -0.290 e. The van der Waals surface area contributed by atoms with Crippen LogP contribution in [0.15, 0.2) is 64.2 Å². The minimum absolute atomic E-state index is 0.145. The molecule has 0 bridgehead atoms. The van der Waals surface area contributed by atoms with E-state index in [1.54, 1.807) is 5.06 Å². The molecule has 3 rings (SSSR count). The minimum atomic E-state index is -0.420. The fourth-order valence-corrected chi connectivity index (χ4v) is 2.87. The molecular formula is C18H18BrN3O2. The second-order valence-corrected chi connectivity index (χ2v) is 6.44. The molecule has 0 fully saturated rings. The van der Waals surface area contributed by atoms with Crippen molar-refractivity contribution in [3.63, 3.8) is 0 Å². The molecule has 0 radical (unpaired) electrons. The maximum Gasteiger partial charge on any atom is 0.241 e. The summed E-state index contributed by atoms with van der Waals surface area (Å²) in [5, 5.41) is 7.74. The van der Waals surface area contributed by atoms with E-state index in [4.69, 9.17) is 4.84 Å². The Morgan fingerprint density at radius 2 is 1.83 bits per heavy atom. The van der Waals surface area contributed by atoms with Crippen molar-refractivity contribution in [2.24, 2.45) is 5.10 Å². The van der Waals surface area contributed by atoms with Gasteiger partial charge in [-0.2, -0.15) is 10.2 Å². The Bertz CT molecular complexity index is 747. The first-order valence-corrected chi connectivity index (χ1v) is 8.39. The van der Waals surface area contributed by atoms with Gasteiger partial charge in [-0.25, -0.2) is 5.01 Å². The van der Waals surface area contributed by atoms with Gasteiger partial charge in [0, 0.05) is 24.0 Å². The Labute approximate surface area is 149 Å². The van der Waals surface area contributed by atoms with Crippen molar-refractivity contribution in [1.82, 2.24) is 10.1 Å². The van der Waals surface area contributed by atoms with Gasteiger partial charge in [0.2, 0.25) is 5.91 Å². The zero-order valence-electron chi connectivity index (χ0n) is 13.5. The Morgan fingerprint density at radius 3 is 2.46 bits per heavy atom. The molecule has 0 N–H and O–H groups in total. The number of hydrogen-bond donors (Lipinski definition) is 0. The molecule has 0 unspecified atom stereocenters. The van der Waals surface area contributed by atoms with Crippen molar-refractivity contribution in [2.45, 2.75) is 13.1 Å². The van der Waals surface area contributed by atoms with Crippen LogP contribution in [0, 0.1) is 0 Å². The topological polar surface area (TPSA) is 45.1 Å². The number of benzene rings is 2. The van der Waals surface area contributed by atoms with Crippen LogP contribution in [-0.2, 0) is 9.63 Å². The molecule has 24 heavy (non-hydrogen) atoms.